The number of hydrogen-bond donors (Lipinski definition) is 0. The van der Waals surface area contributed by atoms with Gasteiger partial charge in [-0.1, -0.05) is 103 Å². The average molecular weight is 732 g/mol. The molecule has 0 aliphatic heterocycles. The second kappa shape index (κ2) is 25.0. The minimum Gasteiger partial charge on any atom is -0.494 e. The molecule has 0 fully saturated rings. The molecule has 0 amide bonds. The Bertz CT molecular complexity index is 1690. The third kappa shape index (κ3) is 16.7. The molecule has 0 atom stereocenters. The van der Waals surface area contributed by atoms with Gasteiger partial charge in [-0.25, -0.2) is 9.59 Å². The van der Waals surface area contributed by atoms with Crippen LogP contribution in [0.3, 0.4) is 0 Å². The first kappa shape index (κ1) is 41.6. The molecule has 7 heteroatoms. The summed E-state index contributed by atoms with van der Waals surface area (Å²) in [7, 11) is 0. The Morgan fingerprint density at radius 1 is 0.500 bits per heavy atom. The van der Waals surface area contributed by atoms with Crippen LogP contribution in [0.15, 0.2) is 108 Å². The maximum absolute atomic E-state index is 12.6. The highest BCUT2D eigenvalue weighted by Gasteiger charge is 2.09. The number of rotatable bonds is 25. The molecule has 4 aromatic carbocycles. The van der Waals surface area contributed by atoms with Gasteiger partial charge in [0.25, 0.3) is 0 Å². The Hall–Kier alpha value is -5.17. The number of nitrogens with zero attached hydrogens (tertiary/aromatic N) is 1. The van der Waals surface area contributed by atoms with Crippen LogP contribution in [-0.2, 0) is 4.79 Å². The van der Waals surface area contributed by atoms with Crippen LogP contribution in [-0.4, -0.2) is 31.4 Å². The highest BCUT2D eigenvalue weighted by atomic mass is 16.5. The summed E-state index contributed by atoms with van der Waals surface area (Å²) in [6.07, 6.45) is 22.5. The quantitative estimate of drug-likeness (QED) is 0.0222. The topological polar surface area (TPSA) is 83.4 Å². The van der Waals surface area contributed by atoms with Crippen molar-refractivity contribution >= 4 is 29.9 Å². The molecule has 0 heterocycles. The number of hydrogen-bond acceptors (Lipinski definition) is 7. The molecule has 0 unspecified atom stereocenters. The molecule has 4 aromatic rings. The molecule has 7 nitrogen and oxygen atoms in total. The van der Waals surface area contributed by atoms with Gasteiger partial charge in [0.2, 0.25) is 0 Å². The molecule has 0 aromatic heterocycles. The number of unbranched alkanes of at least 4 members (excludes halogenated alkanes) is 12. The van der Waals surface area contributed by atoms with Crippen molar-refractivity contribution in [2.45, 2.75) is 104 Å². The average Bonchev–Trinajstić information content (AvgIpc) is 3.20. The van der Waals surface area contributed by atoms with Crippen LogP contribution >= 0.6 is 0 Å². The van der Waals surface area contributed by atoms with Crippen LogP contribution in [0.25, 0.3) is 6.08 Å². The van der Waals surface area contributed by atoms with Crippen molar-refractivity contribution in [3.63, 3.8) is 0 Å². The predicted molar refractivity (Wildman–Crippen MR) is 220 cm³/mol. The Balaban J connectivity index is 1.11. The van der Waals surface area contributed by atoms with E-state index in [4.69, 9.17) is 18.9 Å². The molecule has 286 valence electrons. The fourth-order valence-electron chi connectivity index (χ4n) is 5.71. The SMILES string of the molecule is CCCCCCCCCCCCOc1ccc(/C=C/C(=O)Oc2ccc(C=Nc3ccc(OC(=O)c4ccc(OCCCCCC)cc4)cc3)cc2)cc1. The zero-order chi connectivity index (χ0) is 38.1. The lowest BCUT2D eigenvalue weighted by molar-refractivity contribution is -0.128. The van der Waals surface area contributed by atoms with E-state index in [0.717, 1.165) is 48.5 Å². The first-order valence-corrected chi connectivity index (χ1v) is 19.8. The number of benzene rings is 4. The van der Waals surface area contributed by atoms with E-state index in [0.29, 0.717) is 29.4 Å². The van der Waals surface area contributed by atoms with E-state index < -0.39 is 11.9 Å². The minimum atomic E-state index is -0.460. The lowest BCUT2D eigenvalue weighted by Crippen LogP contribution is -2.08. The molecular formula is C47H57NO6. The largest absolute Gasteiger partial charge is 0.494 e. The smallest absolute Gasteiger partial charge is 0.343 e. The van der Waals surface area contributed by atoms with Crippen LogP contribution < -0.4 is 18.9 Å². The van der Waals surface area contributed by atoms with Crippen molar-refractivity contribution in [1.29, 1.82) is 0 Å². The monoisotopic (exact) mass is 731 g/mol. The van der Waals surface area contributed by atoms with Crippen LogP contribution in [0.2, 0.25) is 0 Å². The van der Waals surface area contributed by atoms with E-state index in [9.17, 15) is 9.59 Å². The molecule has 0 radical (unpaired) electrons. The lowest BCUT2D eigenvalue weighted by atomic mass is 10.1. The van der Waals surface area contributed by atoms with Gasteiger partial charge in [-0.05, 0) is 115 Å². The molecule has 0 aliphatic rings. The second-order valence-corrected chi connectivity index (χ2v) is 13.5. The van der Waals surface area contributed by atoms with Gasteiger partial charge in [-0.2, -0.15) is 0 Å². The summed E-state index contributed by atoms with van der Waals surface area (Å²) in [6, 6.07) is 28.8. The molecule has 54 heavy (non-hydrogen) atoms. The maximum Gasteiger partial charge on any atom is 0.343 e. The Morgan fingerprint density at radius 2 is 0.944 bits per heavy atom. The van der Waals surface area contributed by atoms with Gasteiger partial charge in [0, 0.05) is 12.3 Å². The number of carbonyl (C=O) groups is 2. The van der Waals surface area contributed by atoms with E-state index >= 15 is 0 Å². The highest BCUT2D eigenvalue weighted by Crippen LogP contribution is 2.21. The van der Waals surface area contributed by atoms with Gasteiger partial charge in [0.1, 0.15) is 23.0 Å². The molecule has 0 spiro atoms. The zero-order valence-electron chi connectivity index (χ0n) is 32.2. The second-order valence-electron chi connectivity index (χ2n) is 13.5. The van der Waals surface area contributed by atoms with Crippen molar-refractivity contribution < 1.29 is 28.5 Å². The van der Waals surface area contributed by atoms with Crippen LogP contribution in [0.5, 0.6) is 23.0 Å². The summed E-state index contributed by atoms with van der Waals surface area (Å²) in [5.74, 6) is 1.54. The maximum atomic E-state index is 12.6. The van der Waals surface area contributed by atoms with E-state index in [1.165, 1.54) is 76.7 Å². The number of ether oxygens (including phenoxy) is 4. The normalized spacial score (nSPS) is 11.2. The lowest BCUT2D eigenvalue weighted by Gasteiger charge is -2.08. The molecule has 0 saturated heterocycles. The van der Waals surface area contributed by atoms with Crippen molar-refractivity contribution in [3.05, 3.63) is 120 Å². The van der Waals surface area contributed by atoms with Crippen molar-refractivity contribution in [2.24, 2.45) is 4.99 Å². The summed E-state index contributed by atoms with van der Waals surface area (Å²) >= 11 is 0. The van der Waals surface area contributed by atoms with E-state index in [1.54, 1.807) is 73.0 Å². The third-order valence-electron chi connectivity index (χ3n) is 8.92. The summed E-state index contributed by atoms with van der Waals surface area (Å²) in [5.41, 5.74) is 2.87. The standard InChI is InChI=1S/C47H57NO6/c1-3-5-7-9-10-11-12-13-14-16-36-51-42-26-17-38(18-27-42)21-34-46(49)53-44-28-19-39(20-29-44)37-48-41-24-32-45(33-25-41)54-47(50)40-22-30-43(31-23-40)52-35-15-8-6-4-2/h17-34,37H,3-16,35-36H2,1-2H3/b34-21+,48-37?. The summed E-state index contributed by atoms with van der Waals surface area (Å²) in [4.78, 5) is 29.5. The van der Waals surface area contributed by atoms with Crippen molar-refractivity contribution in [1.82, 2.24) is 0 Å². The van der Waals surface area contributed by atoms with Gasteiger partial charge in [-0.3, -0.25) is 4.99 Å². The van der Waals surface area contributed by atoms with E-state index in [-0.39, 0.29) is 0 Å². The Morgan fingerprint density at radius 3 is 1.52 bits per heavy atom. The van der Waals surface area contributed by atoms with Gasteiger partial charge >= 0.3 is 11.9 Å². The Kier molecular flexibility index (Phi) is 19.2. The minimum absolute atomic E-state index is 0.427. The summed E-state index contributed by atoms with van der Waals surface area (Å²) in [5, 5.41) is 0. The van der Waals surface area contributed by atoms with Gasteiger partial charge in [0.15, 0.2) is 0 Å². The zero-order valence-corrected chi connectivity index (χ0v) is 32.2. The van der Waals surface area contributed by atoms with Gasteiger partial charge < -0.3 is 18.9 Å². The van der Waals surface area contributed by atoms with Crippen molar-refractivity contribution in [3.8, 4) is 23.0 Å². The molecular weight excluding hydrogens is 675 g/mol. The summed E-state index contributed by atoms with van der Waals surface area (Å²) in [6.45, 7) is 5.83. The first-order valence-electron chi connectivity index (χ1n) is 19.8. The van der Waals surface area contributed by atoms with E-state index in [1.807, 2.05) is 36.4 Å². The molecule has 0 bridgehead atoms. The fourth-order valence-corrected chi connectivity index (χ4v) is 5.71. The Labute approximate surface area is 322 Å². The first-order chi connectivity index (χ1) is 26.5. The predicted octanol–water partition coefficient (Wildman–Crippen LogP) is 12.5. The fraction of sp³-hybridized carbons (Fsp3) is 0.383. The van der Waals surface area contributed by atoms with Crippen LogP contribution in [0, 0.1) is 0 Å². The van der Waals surface area contributed by atoms with Crippen LogP contribution in [0.4, 0.5) is 5.69 Å². The molecule has 4 rings (SSSR count). The molecule has 0 N–H and O–H groups in total. The number of esters is 2. The van der Waals surface area contributed by atoms with Gasteiger partial charge in [-0.15, -0.1) is 0 Å². The molecule has 0 saturated carbocycles. The van der Waals surface area contributed by atoms with Gasteiger partial charge in [0.05, 0.1) is 24.5 Å². The van der Waals surface area contributed by atoms with Crippen molar-refractivity contribution in [2.75, 3.05) is 13.2 Å². The molecule has 0 aliphatic carbocycles. The number of carbonyl (C=O) groups excluding carboxylic acids is 2. The third-order valence-corrected chi connectivity index (χ3v) is 8.92. The van der Waals surface area contributed by atoms with Crippen LogP contribution in [0.1, 0.15) is 125 Å². The summed E-state index contributed by atoms with van der Waals surface area (Å²) < 4.78 is 22.6. The van der Waals surface area contributed by atoms with E-state index in [2.05, 4.69) is 18.8 Å². The highest BCUT2D eigenvalue weighted by molar-refractivity contribution is 5.91. The number of aliphatic imine (C=N–C) groups is 1.